The van der Waals surface area contributed by atoms with Gasteiger partial charge in [0.15, 0.2) is 0 Å². The molecule has 0 aliphatic carbocycles. The van der Waals surface area contributed by atoms with Gasteiger partial charge in [-0.1, -0.05) is 9.25 Å². The third-order valence-corrected chi connectivity index (χ3v) is 3.13. The molecule has 2 N–H and O–H groups in total. The van der Waals surface area contributed by atoms with Crippen LogP contribution in [0.2, 0.25) is 0 Å². The van der Waals surface area contributed by atoms with Crippen LogP contribution in [0.25, 0.3) is 0 Å². The second-order valence-corrected chi connectivity index (χ2v) is 4.04. The minimum absolute atomic E-state index is 0.315. The van der Waals surface area contributed by atoms with Crippen LogP contribution in [-0.4, -0.2) is 23.3 Å². The first-order chi connectivity index (χ1) is 6.04. The summed E-state index contributed by atoms with van der Waals surface area (Å²) in [6.07, 6.45) is 0. The standard InChI is InChI=1S/C2H6N4O6P/c7-5(8)11-13(12-6(9)10)3-1-2-4-13/h3-4H,1-2H2/q+1. The van der Waals surface area contributed by atoms with E-state index in [1.54, 1.807) is 0 Å². The molecule has 74 valence electrons. The van der Waals surface area contributed by atoms with E-state index in [-0.39, 0.29) is 0 Å². The van der Waals surface area contributed by atoms with E-state index in [1.165, 1.54) is 0 Å². The molecule has 13 heavy (non-hydrogen) atoms. The molecule has 1 fully saturated rings. The highest BCUT2D eigenvalue weighted by atomic mass is 31.2. The van der Waals surface area contributed by atoms with Crippen molar-refractivity contribution in [2.45, 2.75) is 0 Å². The second-order valence-electron chi connectivity index (χ2n) is 1.98. The fourth-order valence-corrected chi connectivity index (χ4v) is 2.34. The highest BCUT2D eigenvalue weighted by Gasteiger charge is 2.55. The normalized spacial score (nSPS) is 19.4. The summed E-state index contributed by atoms with van der Waals surface area (Å²) in [4.78, 5) is 19.9. The average molecular weight is 213 g/mol. The molecule has 11 heteroatoms. The maximum absolute atomic E-state index is 9.97. The topological polar surface area (TPSA) is 129 Å². The highest BCUT2D eigenvalue weighted by Crippen LogP contribution is 2.54. The van der Waals surface area contributed by atoms with E-state index in [2.05, 4.69) is 19.4 Å². The predicted octanol–water partition coefficient (Wildman–Crippen LogP) is -0.727. The SMILES string of the molecule is O=[N+]([O-])O[P+]1(O[N+](=O)[O-])NCCN1. The Hall–Kier alpha value is -1.25. The Morgan fingerprint density at radius 1 is 1.08 bits per heavy atom. The summed E-state index contributed by atoms with van der Waals surface area (Å²) in [5.41, 5.74) is 0. The van der Waals surface area contributed by atoms with Crippen molar-refractivity contribution in [2.24, 2.45) is 0 Å². The molecule has 1 saturated heterocycles. The van der Waals surface area contributed by atoms with Gasteiger partial charge in [0.05, 0.1) is 13.1 Å². The van der Waals surface area contributed by atoms with Gasteiger partial charge in [-0.2, -0.15) is 0 Å². The molecule has 0 aromatic heterocycles. The molecule has 0 bridgehead atoms. The van der Waals surface area contributed by atoms with Crippen molar-refractivity contribution in [2.75, 3.05) is 13.1 Å². The van der Waals surface area contributed by atoms with Gasteiger partial charge in [-0.3, -0.25) is 0 Å². The molecule has 0 unspecified atom stereocenters. The van der Waals surface area contributed by atoms with Crippen molar-refractivity contribution in [1.82, 2.24) is 10.2 Å². The van der Waals surface area contributed by atoms with Crippen LogP contribution in [0.3, 0.4) is 0 Å². The first-order valence-corrected chi connectivity index (χ1v) is 4.74. The summed E-state index contributed by atoms with van der Waals surface area (Å²) in [6.45, 7) is 0.630. The van der Waals surface area contributed by atoms with Crippen LogP contribution in [0.4, 0.5) is 0 Å². The summed E-state index contributed by atoms with van der Waals surface area (Å²) < 4.78 is 8.11. The van der Waals surface area contributed by atoms with Gasteiger partial charge >= 0.3 is 18.2 Å². The molecule has 10 nitrogen and oxygen atoms in total. The van der Waals surface area contributed by atoms with Crippen LogP contribution < -0.4 is 10.2 Å². The van der Waals surface area contributed by atoms with Gasteiger partial charge in [0.2, 0.25) is 0 Å². The predicted molar refractivity (Wildman–Crippen MR) is 39.1 cm³/mol. The molecule has 1 aliphatic heterocycles. The van der Waals surface area contributed by atoms with Crippen LogP contribution in [0.1, 0.15) is 0 Å². The van der Waals surface area contributed by atoms with Gasteiger partial charge in [0.25, 0.3) is 0 Å². The van der Waals surface area contributed by atoms with Gasteiger partial charge < -0.3 is 0 Å². The summed E-state index contributed by atoms with van der Waals surface area (Å²) in [6, 6.07) is 0. The Kier molecular flexibility index (Phi) is 2.76. The lowest BCUT2D eigenvalue weighted by molar-refractivity contribution is -0.750. The molecule has 0 saturated carbocycles. The lowest BCUT2D eigenvalue weighted by atomic mass is 10.7. The van der Waals surface area contributed by atoms with E-state index in [1.807, 2.05) is 0 Å². The molecule has 1 aliphatic rings. The lowest BCUT2D eigenvalue weighted by Gasteiger charge is -2.09. The second kappa shape index (κ2) is 3.64. The molecule has 1 rings (SSSR count). The van der Waals surface area contributed by atoms with Crippen molar-refractivity contribution < 1.29 is 19.4 Å². The summed E-state index contributed by atoms with van der Waals surface area (Å²) in [5, 5.41) is 22.5. The number of nitrogens with zero attached hydrogens (tertiary/aromatic N) is 2. The van der Waals surface area contributed by atoms with Crippen molar-refractivity contribution >= 4 is 8.02 Å². The first-order valence-electron chi connectivity index (χ1n) is 3.11. The minimum atomic E-state index is -3.36. The fourth-order valence-electron chi connectivity index (χ4n) is 0.780. The number of hydrogen-bond donors (Lipinski definition) is 2. The van der Waals surface area contributed by atoms with E-state index in [0.717, 1.165) is 0 Å². The van der Waals surface area contributed by atoms with E-state index >= 15 is 0 Å². The molecule has 0 atom stereocenters. The Balaban J connectivity index is 2.62. The van der Waals surface area contributed by atoms with E-state index in [9.17, 15) is 20.2 Å². The smallest absolute Gasteiger partial charge is 0.120 e. The monoisotopic (exact) mass is 213 g/mol. The van der Waals surface area contributed by atoms with Crippen molar-refractivity contribution in [1.29, 1.82) is 0 Å². The molecule has 0 aromatic rings. The quantitative estimate of drug-likeness (QED) is 0.355. The lowest BCUT2D eigenvalue weighted by Crippen LogP contribution is -2.24. The first kappa shape index (κ1) is 9.84. The van der Waals surface area contributed by atoms with Gasteiger partial charge in [0, 0.05) is 0 Å². The zero-order valence-corrected chi connectivity index (χ0v) is 7.10. The van der Waals surface area contributed by atoms with E-state index in [0.29, 0.717) is 13.1 Å². The Bertz CT molecular complexity index is 209. The number of rotatable bonds is 4. The Morgan fingerprint density at radius 3 is 1.77 bits per heavy atom. The molecule has 0 aromatic carbocycles. The maximum atomic E-state index is 9.97. The Morgan fingerprint density at radius 2 is 1.46 bits per heavy atom. The molecule has 0 spiro atoms. The van der Waals surface area contributed by atoms with Crippen LogP contribution in [0.5, 0.6) is 0 Å². The third-order valence-electron chi connectivity index (χ3n) is 1.13. The zero-order valence-electron chi connectivity index (χ0n) is 6.21. The minimum Gasteiger partial charge on any atom is -0.120 e. The fraction of sp³-hybridized carbons (Fsp3) is 1.00. The largest absolute Gasteiger partial charge is 0.548 e. The van der Waals surface area contributed by atoms with E-state index < -0.39 is 18.2 Å². The van der Waals surface area contributed by atoms with Crippen molar-refractivity contribution in [3.05, 3.63) is 20.2 Å². The van der Waals surface area contributed by atoms with Crippen LogP contribution >= 0.6 is 8.02 Å². The average Bonchev–Trinajstić information content (AvgIpc) is 2.33. The zero-order chi connectivity index (χ0) is 9.90. The summed E-state index contributed by atoms with van der Waals surface area (Å²) in [7, 11) is -3.36. The summed E-state index contributed by atoms with van der Waals surface area (Å²) >= 11 is 0. The van der Waals surface area contributed by atoms with Gasteiger partial charge in [-0.05, 0) is 0 Å². The van der Waals surface area contributed by atoms with Crippen LogP contribution in [-0.2, 0) is 9.25 Å². The van der Waals surface area contributed by atoms with Gasteiger partial charge in [0.1, 0.15) is 0 Å². The van der Waals surface area contributed by atoms with Gasteiger partial charge in [-0.25, -0.2) is 0 Å². The van der Waals surface area contributed by atoms with E-state index in [4.69, 9.17) is 0 Å². The summed E-state index contributed by atoms with van der Waals surface area (Å²) in [5.74, 6) is 0. The maximum Gasteiger partial charge on any atom is 0.548 e. The Labute approximate surface area is 72.0 Å². The van der Waals surface area contributed by atoms with Crippen LogP contribution in [0, 0.1) is 20.2 Å². The number of hydrogen-bond acceptors (Lipinski definition) is 8. The molecular weight excluding hydrogens is 207 g/mol. The van der Waals surface area contributed by atoms with Crippen molar-refractivity contribution in [3.63, 3.8) is 0 Å². The van der Waals surface area contributed by atoms with Crippen molar-refractivity contribution in [3.8, 4) is 0 Å². The molecule has 1 heterocycles. The molecule has 0 radical (unpaired) electrons. The van der Waals surface area contributed by atoms with Crippen LogP contribution in [0.15, 0.2) is 0 Å². The third kappa shape index (κ3) is 2.61. The molecule has 0 amide bonds. The highest BCUT2D eigenvalue weighted by molar-refractivity contribution is 7.62. The molecular formula is C2H6N4O6P+. The number of nitrogens with one attached hydrogen (secondary N) is 2. The van der Waals surface area contributed by atoms with Gasteiger partial charge in [-0.15, -0.1) is 30.4 Å².